The van der Waals surface area contributed by atoms with Crippen molar-refractivity contribution in [3.63, 3.8) is 0 Å². The Balaban J connectivity index is 1.68. The molecule has 0 heterocycles. The zero-order valence-electron chi connectivity index (χ0n) is 12.9. The van der Waals surface area contributed by atoms with E-state index >= 15 is 0 Å². The molecule has 0 aliphatic heterocycles. The van der Waals surface area contributed by atoms with E-state index in [0.29, 0.717) is 5.69 Å². The van der Waals surface area contributed by atoms with Crippen LogP contribution >= 0.6 is 11.6 Å². The van der Waals surface area contributed by atoms with E-state index in [1.165, 1.54) is 0 Å². The molecule has 0 bridgehead atoms. The summed E-state index contributed by atoms with van der Waals surface area (Å²) in [5.41, 5.74) is 2.61. The van der Waals surface area contributed by atoms with Gasteiger partial charge in [0, 0.05) is 11.8 Å². The highest BCUT2D eigenvalue weighted by molar-refractivity contribution is 6.33. The first-order valence-electron chi connectivity index (χ1n) is 7.41. The number of urea groups is 1. The van der Waals surface area contributed by atoms with Crippen LogP contribution in [0.1, 0.15) is 0 Å². The molecule has 0 spiro atoms. The third kappa shape index (κ3) is 4.14. The second-order valence-corrected chi connectivity index (χ2v) is 5.68. The third-order valence-electron chi connectivity index (χ3n) is 3.51. The summed E-state index contributed by atoms with van der Waals surface area (Å²) < 4.78 is 26.3. The second kappa shape index (κ2) is 7.32. The number of carbonyl (C=O) groups excluding carboxylic acids is 1. The molecule has 3 rings (SSSR count). The van der Waals surface area contributed by atoms with Crippen LogP contribution in [-0.4, -0.2) is 6.03 Å². The minimum absolute atomic E-state index is 0.0148. The molecule has 2 amide bonds. The summed E-state index contributed by atoms with van der Waals surface area (Å²) in [4.78, 5) is 12.0. The fourth-order valence-corrected chi connectivity index (χ4v) is 2.48. The Morgan fingerprint density at radius 1 is 0.800 bits per heavy atom. The molecule has 6 heteroatoms. The Morgan fingerprint density at radius 3 is 2.08 bits per heavy atom. The molecule has 0 radical (unpaired) electrons. The summed E-state index contributed by atoms with van der Waals surface area (Å²) >= 11 is 5.79. The van der Waals surface area contributed by atoms with Crippen LogP contribution in [-0.2, 0) is 0 Å². The summed E-state index contributed by atoms with van der Waals surface area (Å²) in [5.74, 6) is -2.17. The van der Waals surface area contributed by atoms with E-state index in [0.717, 1.165) is 23.3 Å². The van der Waals surface area contributed by atoms with Crippen LogP contribution in [0.3, 0.4) is 0 Å². The van der Waals surface area contributed by atoms with Crippen molar-refractivity contribution in [1.29, 1.82) is 0 Å². The Bertz CT molecular complexity index is 899. The highest BCUT2D eigenvalue weighted by Crippen LogP contribution is 2.25. The molecule has 3 aromatic carbocycles. The average Bonchev–Trinajstić information content (AvgIpc) is 2.61. The van der Waals surface area contributed by atoms with Gasteiger partial charge in [-0.15, -0.1) is 0 Å². The van der Waals surface area contributed by atoms with Crippen molar-refractivity contribution in [3.05, 3.63) is 83.4 Å². The molecule has 0 unspecified atom stereocenters. The van der Waals surface area contributed by atoms with E-state index in [-0.39, 0.29) is 10.7 Å². The van der Waals surface area contributed by atoms with E-state index < -0.39 is 17.7 Å². The van der Waals surface area contributed by atoms with E-state index in [1.807, 2.05) is 42.5 Å². The number of carbonyl (C=O) groups is 1. The van der Waals surface area contributed by atoms with Crippen molar-refractivity contribution < 1.29 is 13.6 Å². The number of hydrogen-bond donors (Lipinski definition) is 2. The highest BCUT2D eigenvalue weighted by atomic mass is 35.5. The van der Waals surface area contributed by atoms with Gasteiger partial charge in [0.15, 0.2) is 11.6 Å². The lowest BCUT2D eigenvalue weighted by Gasteiger charge is -2.10. The van der Waals surface area contributed by atoms with Crippen molar-refractivity contribution in [2.75, 3.05) is 10.6 Å². The fourth-order valence-electron chi connectivity index (χ4n) is 2.28. The number of hydrogen-bond acceptors (Lipinski definition) is 1. The normalized spacial score (nSPS) is 10.4. The summed E-state index contributed by atoms with van der Waals surface area (Å²) in [6, 6.07) is 18.1. The standard InChI is InChI=1S/C19H13ClF2N2O/c20-15-10-16(21)17(22)11-18(15)24-19(25)23-14-8-6-13(7-9-14)12-4-2-1-3-5-12/h1-11H,(H2,23,24,25). The molecule has 0 atom stereocenters. The molecule has 3 nitrogen and oxygen atoms in total. The largest absolute Gasteiger partial charge is 0.323 e. The van der Waals surface area contributed by atoms with Gasteiger partial charge in [-0.25, -0.2) is 13.6 Å². The second-order valence-electron chi connectivity index (χ2n) is 5.27. The first-order chi connectivity index (χ1) is 12.0. The quantitative estimate of drug-likeness (QED) is 0.560. The predicted octanol–water partition coefficient (Wildman–Crippen LogP) is 5.93. The zero-order chi connectivity index (χ0) is 17.8. The zero-order valence-corrected chi connectivity index (χ0v) is 13.6. The van der Waals surface area contributed by atoms with Crippen LogP contribution < -0.4 is 10.6 Å². The lowest BCUT2D eigenvalue weighted by atomic mass is 10.1. The molecule has 0 saturated carbocycles. The van der Waals surface area contributed by atoms with Crippen LogP contribution in [0.15, 0.2) is 66.7 Å². The summed E-state index contributed by atoms with van der Waals surface area (Å²) in [6.45, 7) is 0. The summed E-state index contributed by atoms with van der Waals surface area (Å²) in [6.07, 6.45) is 0. The Kier molecular flexibility index (Phi) is 4.95. The third-order valence-corrected chi connectivity index (χ3v) is 3.82. The van der Waals surface area contributed by atoms with Gasteiger partial charge in [-0.2, -0.15) is 0 Å². The van der Waals surface area contributed by atoms with Crippen molar-refractivity contribution in [2.45, 2.75) is 0 Å². The summed E-state index contributed by atoms with van der Waals surface area (Å²) in [7, 11) is 0. The van der Waals surface area contributed by atoms with E-state index in [2.05, 4.69) is 10.6 Å². The monoisotopic (exact) mass is 358 g/mol. The van der Waals surface area contributed by atoms with Crippen molar-refractivity contribution in [2.24, 2.45) is 0 Å². The van der Waals surface area contributed by atoms with Gasteiger partial charge in [0.25, 0.3) is 0 Å². The van der Waals surface area contributed by atoms with Crippen LogP contribution in [0.5, 0.6) is 0 Å². The molecule has 126 valence electrons. The predicted molar refractivity (Wildman–Crippen MR) is 95.9 cm³/mol. The molecule has 0 aliphatic rings. The Morgan fingerprint density at radius 2 is 1.40 bits per heavy atom. The number of rotatable bonds is 3. The van der Waals surface area contributed by atoms with Crippen molar-refractivity contribution in [3.8, 4) is 11.1 Å². The van der Waals surface area contributed by atoms with Crippen molar-refractivity contribution in [1.82, 2.24) is 0 Å². The van der Waals surface area contributed by atoms with E-state index in [1.54, 1.807) is 12.1 Å². The SMILES string of the molecule is O=C(Nc1ccc(-c2ccccc2)cc1)Nc1cc(F)c(F)cc1Cl. The number of anilines is 2. The van der Waals surface area contributed by atoms with Crippen LogP contribution in [0, 0.1) is 11.6 Å². The van der Waals surface area contributed by atoms with Crippen molar-refractivity contribution >= 4 is 29.0 Å². The maximum absolute atomic E-state index is 13.2. The molecule has 2 N–H and O–H groups in total. The van der Waals surface area contributed by atoms with Crippen LogP contribution in [0.2, 0.25) is 5.02 Å². The van der Waals surface area contributed by atoms with Gasteiger partial charge in [0.05, 0.1) is 10.7 Å². The fraction of sp³-hybridized carbons (Fsp3) is 0. The number of amides is 2. The maximum Gasteiger partial charge on any atom is 0.323 e. The number of benzene rings is 3. The maximum atomic E-state index is 13.2. The smallest absolute Gasteiger partial charge is 0.308 e. The van der Waals surface area contributed by atoms with Crippen LogP contribution in [0.25, 0.3) is 11.1 Å². The van der Waals surface area contributed by atoms with Gasteiger partial charge < -0.3 is 10.6 Å². The van der Waals surface area contributed by atoms with Gasteiger partial charge in [-0.3, -0.25) is 0 Å². The van der Waals surface area contributed by atoms with E-state index in [4.69, 9.17) is 11.6 Å². The van der Waals surface area contributed by atoms with Gasteiger partial charge in [0.1, 0.15) is 0 Å². The van der Waals surface area contributed by atoms with Gasteiger partial charge in [-0.05, 0) is 29.3 Å². The van der Waals surface area contributed by atoms with Gasteiger partial charge in [0.2, 0.25) is 0 Å². The lowest BCUT2D eigenvalue weighted by molar-refractivity contribution is 0.262. The van der Waals surface area contributed by atoms with Gasteiger partial charge in [-0.1, -0.05) is 54.1 Å². The first kappa shape index (κ1) is 16.9. The molecule has 3 aromatic rings. The molecular formula is C19H13ClF2N2O. The topological polar surface area (TPSA) is 41.1 Å². The highest BCUT2D eigenvalue weighted by Gasteiger charge is 2.11. The molecule has 0 aliphatic carbocycles. The first-order valence-corrected chi connectivity index (χ1v) is 7.79. The molecule has 0 aromatic heterocycles. The van der Waals surface area contributed by atoms with Crippen LogP contribution in [0.4, 0.5) is 25.0 Å². The average molecular weight is 359 g/mol. The Hall–Kier alpha value is -2.92. The number of halogens is 3. The molecular weight excluding hydrogens is 346 g/mol. The lowest BCUT2D eigenvalue weighted by Crippen LogP contribution is -2.19. The summed E-state index contributed by atoms with van der Waals surface area (Å²) in [5, 5.41) is 4.90. The molecule has 0 fully saturated rings. The minimum Gasteiger partial charge on any atom is -0.308 e. The minimum atomic E-state index is -1.09. The Labute approximate surface area is 148 Å². The van der Waals surface area contributed by atoms with Gasteiger partial charge >= 0.3 is 6.03 Å². The van der Waals surface area contributed by atoms with E-state index in [9.17, 15) is 13.6 Å². The number of nitrogens with one attached hydrogen (secondary N) is 2. The molecule has 25 heavy (non-hydrogen) atoms. The molecule has 0 saturated heterocycles.